The summed E-state index contributed by atoms with van der Waals surface area (Å²) in [6.45, 7) is 8.01. The second-order valence-corrected chi connectivity index (χ2v) is 6.36. The highest BCUT2D eigenvalue weighted by Crippen LogP contribution is 2.24. The normalized spacial score (nSPS) is 23.2. The number of halogens is 3. The summed E-state index contributed by atoms with van der Waals surface area (Å²) in [4.78, 5) is 17.7. The Hall–Kier alpha value is -0.900. The zero-order valence-corrected chi connectivity index (χ0v) is 14.2. The Morgan fingerprint density at radius 1 is 1.08 bits per heavy atom. The molecular weight excluding hydrogens is 323 g/mol. The van der Waals surface area contributed by atoms with Crippen molar-refractivity contribution < 1.29 is 18.0 Å². The number of alkyl halides is 3. The van der Waals surface area contributed by atoms with Gasteiger partial charge in [-0.2, -0.15) is 13.2 Å². The molecule has 140 valence electrons. The quantitative estimate of drug-likeness (QED) is 0.681. The standard InChI is InChI=1S/C15H28F3N5O/c1-2-21-7-9-22(10-8-21)12-14(24)20-11-13(15(16,17)18)23-5-3-19-4-6-23/h13,19H,2-12H2,1H3,(H,20,24). The zero-order chi connectivity index (χ0) is 17.6. The average Bonchev–Trinajstić information content (AvgIpc) is 2.55. The lowest BCUT2D eigenvalue weighted by molar-refractivity contribution is -0.184. The summed E-state index contributed by atoms with van der Waals surface area (Å²) < 4.78 is 39.8. The Kier molecular flexibility index (Phi) is 7.27. The van der Waals surface area contributed by atoms with E-state index in [9.17, 15) is 18.0 Å². The van der Waals surface area contributed by atoms with Crippen LogP contribution < -0.4 is 10.6 Å². The number of hydrogen-bond donors (Lipinski definition) is 2. The van der Waals surface area contributed by atoms with E-state index < -0.39 is 12.2 Å². The molecule has 0 aliphatic carbocycles. The largest absolute Gasteiger partial charge is 0.405 e. The number of piperazine rings is 2. The number of nitrogens with zero attached hydrogens (tertiary/aromatic N) is 3. The fourth-order valence-electron chi connectivity index (χ4n) is 3.18. The summed E-state index contributed by atoms with van der Waals surface area (Å²) in [6.07, 6.45) is -4.34. The van der Waals surface area contributed by atoms with Crippen molar-refractivity contribution in [1.82, 2.24) is 25.3 Å². The molecule has 2 saturated heterocycles. The predicted octanol–water partition coefficient (Wildman–Crippen LogP) is -0.424. The van der Waals surface area contributed by atoms with Gasteiger partial charge in [-0.05, 0) is 6.54 Å². The number of rotatable bonds is 6. The number of carbonyl (C=O) groups is 1. The maximum Gasteiger partial charge on any atom is 0.405 e. The third kappa shape index (κ3) is 5.87. The van der Waals surface area contributed by atoms with Crippen molar-refractivity contribution in [2.75, 3.05) is 72.0 Å². The molecule has 0 radical (unpaired) electrons. The van der Waals surface area contributed by atoms with Crippen molar-refractivity contribution in [3.05, 3.63) is 0 Å². The molecule has 0 spiro atoms. The number of carbonyl (C=O) groups excluding carboxylic acids is 1. The van der Waals surface area contributed by atoms with Crippen LogP contribution in [0.3, 0.4) is 0 Å². The Morgan fingerprint density at radius 2 is 1.67 bits per heavy atom. The summed E-state index contributed by atoms with van der Waals surface area (Å²) in [7, 11) is 0. The van der Waals surface area contributed by atoms with Gasteiger partial charge in [0, 0.05) is 58.9 Å². The van der Waals surface area contributed by atoms with Crippen LogP contribution in [0.15, 0.2) is 0 Å². The molecule has 2 aliphatic heterocycles. The van der Waals surface area contributed by atoms with E-state index in [2.05, 4.69) is 22.5 Å². The predicted molar refractivity (Wildman–Crippen MR) is 85.8 cm³/mol. The Morgan fingerprint density at radius 3 is 2.21 bits per heavy atom. The SMILES string of the molecule is CCN1CCN(CC(=O)NCC(N2CCNCC2)C(F)(F)F)CC1. The van der Waals surface area contributed by atoms with Crippen molar-refractivity contribution in [3.8, 4) is 0 Å². The number of nitrogens with one attached hydrogen (secondary N) is 2. The van der Waals surface area contributed by atoms with Crippen molar-refractivity contribution >= 4 is 5.91 Å². The third-order valence-corrected chi connectivity index (χ3v) is 4.74. The molecule has 2 fully saturated rings. The van der Waals surface area contributed by atoms with E-state index in [1.807, 2.05) is 4.90 Å². The van der Waals surface area contributed by atoms with Gasteiger partial charge < -0.3 is 15.5 Å². The molecular formula is C15H28F3N5O. The summed E-state index contributed by atoms with van der Waals surface area (Å²) >= 11 is 0. The maximum atomic E-state index is 13.3. The van der Waals surface area contributed by atoms with Gasteiger partial charge in [0.05, 0.1) is 6.54 Å². The van der Waals surface area contributed by atoms with E-state index in [4.69, 9.17) is 0 Å². The second kappa shape index (κ2) is 8.98. The fourth-order valence-corrected chi connectivity index (χ4v) is 3.18. The number of likely N-dealkylation sites (N-methyl/N-ethyl adjacent to an activating group) is 1. The molecule has 2 N–H and O–H groups in total. The number of amides is 1. The minimum absolute atomic E-state index is 0.170. The molecule has 9 heteroatoms. The molecule has 24 heavy (non-hydrogen) atoms. The summed E-state index contributed by atoms with van der Waals surface area (Å²) in [5.74, 6) is -0.329. The van der Waals surface area contributed by atoms with Gasteiger partial charge >= 0.3 is 6.18 Å². The van der Waals surface area contributed by atoms with E-state index in [0.717, 1.165) is 32.7 Å². The van der Waals surface area contributed by atoms with Crippen molar-refractivity contribution in [1.29, 1.82) is 0 Å². The van der Waals surface area contributed by atoms with Crippen LogP contribution in [-0.2, 0) is 4.79 Å². The maximum absolute atomic E-state index is 13.3. The van der Waals surface area contributed by atoms with Crippen LogP contribution in [0, 0.1) is 0 Å². The molecule has 0 aromatic rings. The minimum Gasteiger partial charge on any atom is -0.353 e. The first kappa shape index (κ1) is 19.4. The van der Waals surface area contributed by atoms with Crippen LogP contribution in [0.4, 0.5) is 13.2 Å². The van der Waals surface area contributed by atoms with Crippen LogP contribution in [0.25, 0.3) is 0 Å². The lowest BCUT2D eigenvalue weighted by Gasteiger charge is -2.36. The van der Waals surface area contributed by atoms with Crippen LogP contribution in [0.1, 0.15) is 6.92 Å². The third-order valence-electron chi connectivity index (χ3n) is 4.74. The first-order valence-electron chi connectivity index (χ1n) is 8.63. The van der Waals surface area contributed by atoms with E-state index in [0.29, 0.717) is 26.2 Å². The van der Waals surface area contributed by atoms with E-state index >= 15 is 0 Å². The minimum atomic E-state index is -4.34. The molecule has 0 saturated carbocycles. The smallest absolute Gasteiger partial charge is 0.353 e. The Labute approximate surface area is 141 Å². The topological polar surface area (TPSA) is 50.9 Å². The second-order valence-electron chi connectivity index (χ2n) is 6.36. The van der Waals surface area contributed by atoms with Gasteiger partial charge in [0.25, 0.3) is 0 Å². The van der Waals surface area contributed by atoms with Gasteiger partial charge in [-0.25, -0.2) is 0 Å². The molecule has 1 unspecified atom stereocenters. The molecule has 1 amide bonds. The monoisotopic (exact) mass is 351 g/mol. The van der Waals surface area contributed by atoms with Gasteiger partial charge in [0.15, 0.2) is 0 Å². The molecule has 6 nitrogen and oxygen atoms in total. The highest BCUT2D eigenvalue weighted by atomic mass is 19.4. The summed E-state index contributed by atoms with van der Waals surface area (Å²) in [5.41, 5.74) is 0. The zero-order valence-electron chi connectivity index (χ0n) is 14.2. The van der Waals surface area contributed by atoms with Gasteiger partial charge in [-0.1, -0.05) is 6.92 Å². The van der Waals surface area contributed by atoms with Crippen LogP contribution in [0.2, 0.25) is 0 Å². The van der Waals surface area contributed by atoms with Gasteiger partial charge in [-0.3, -0.25) is 14.6 Å². The van der Waals surface area contributed by atoms with Gasteiger partial charge in [-0.15, -0.1) is 0 Å². The molecule has 0 aromatic heterocycles. The van der Waals surface area contributed by atoms with E-state index in [-0.39, 0.29) is 19.0 Å². The molecule has 0 aromatic carbocycles. The number of hydrogen-bond acceptors (Lipinski definition) is 5. The molecule has 2 rings (SSSR count). The summed E-state index contributed by atoms with van der Waals surface area (Å²) in [6, 6.07) is -1.61. The molecule has 0 bridgehead atoms. The Bertz CT molecular complexity index is 393. The molecule has 1 atom stereocenters. The first-order valence-corrected chi connectivity index (χ1v) is 8.63. The van der Waals surface area contributed by atoms with E-state index in [1.165, 1.54) is 4.90 Å². The lowest BCUT2D eigenvalue weighted by Crippen LogP contribution is -2.58. The highest BCUT2D eigenvalue weighted by molar-refractivity contribution is 5.78. The van der Waals surface area contributed by atoms with Gasteiger partial charge in [0.2, 0.25) is 5.91 Å². The van der Waals surface area contributed by atoms with Crippen LogP contribution >= 0.6 is 0 Å². The average molecular weight is 351 g/mol. The van der Waals surface area contributed by atoms with Crippen molar-refractivity contribution in [3.63, 3.8) is 0 Å². The lowest BCUT2D eigenvalue weighted by atomic mass is 10.2. The molecule has 2 heterocycles. The first-order chi connectivity index (χ1) is 11.4. The summed E-state index contributed by atoms with van der Waals surface area (Å²) in [5, 5.41) is 5.52. The van der Waals surface area contributed by atoms with Crippen molar-refractivity contribution in [2.24, 2.45) is 0 Å². The van der Waals surface area contributed by atoms with Gasteiger partial charge in [0.1, 0.15) is 6.04 Å². The van der Waals surface area contributed by atoms with Crippen LogP contribution in [0.5, 0.6) is 0 Å². The Balaban J connectivity index is 1.77. The highest BCUT2D eigenvalue weighted by Gasteiger charge is 2.43. The van der Waals surface area contributed by atoms with E-state index in [1.54, 1.807) is 0 Å². The molecule has 2 aliphatic rings. The van der Waals surface area contributed by atoms with Crippen LogP contribution in [-0.4, -0.2) is 105 Å². The van der Waals surface area contributed by atoms with Crippen molar-refractivity contribution in [2.45, 2.75) is 19.1 Å². The fraction of sp³-hybridized carbons (Fsp3) is 0.933.